The standard InChI is InChI=1S/C59H79N5O26/c1-22-40(68)26(60)17-33(85-22)86-28-19-59(83,18-25-35(28)44(72)38-37(42(25)70)41(69)24-13-12-14-27(84-9)34(24)43(38)71)23(2)62-64-32(67)16-11-10-15-31(66)63-61-20-29(36-45(73)47(75)52(58(6,7)8)89-50(36)54(79)80)87-49(53(77)78)30(21-65)88-56-48(76)46(74)39(57(3,4)5)51(90-56)55(81)82/h12-14,20-22,26,28-30,33,36,39-40,45-52,56,68,70,72-76,83H,10-11,15-19,60H2,1-9H3,(H,63,66)(H,64,67)(H,77,78)(H,79,80)(H,81,82)/p-3/b61-20+,62-23-/t22?,26?,28-,29?,30?,33?,36+,39+,40?,45+,46+,47?,48?,49?,50?,51?,52+,56+,59-/m0/s1. The fourth-order valence-electron chi connectivity index (χ4n) is 12.1. The first-order valence-electron chi connectivity index (χ1n) is 28.9. The van der Waals surface area contributed by atoms with Crippen LogP contribution in [0.3, 0.4) is 0 Å². The summed E-state index contributed by atoms with van der Waals surface area (Å²) in [5.41, 5.74) is 4.47. The van der Waals surface area contributed by atoms with Crippen molar-refractivity contribution in [1.29, 1.82) is 0 Å². The van der Waals surface area contributed by atoms with E-state index in [9.17, 15) is 94.5 Å². The summed E-state index contributed by atoms with van der Waals surface area (Å²) >= 11 is 0. The monoisotopic (exact) mass is 1270 g/mol. The molecule has 3 aliphatic heterocycles. The number of ether oxygens (including phenoxy) is 7. The minimum Gasteiger partial charge on any atom is -0.547 e. The maximum Gasteiger partial charge on any atom is 0.240 e. The number of nitrogens with one attached hydrogen (secondary N) is 2. The topological polar surface area (TPSA) is 507 Å². The Morgan fingerprint density at radius 1 is 0.822 bits per heavy atom. The molecule has 7 rings (SSSR count). The second-order valence-electron chi connectivity index (χ2n) is 25.2. The number of rotatable bonds is 22. The van der Waals surface area contributed by atoms with Crippen LogP contribution in [0.25, 0.3) is 0 Å². The van der Waals surface area contributed by atoms with Crippen molar-refractivity contribution >= 4 is 59.5 Å². The maximum absolute atomic E-state index is 14.1. The van der Waals surface area contributed by atoms with E-state index in [0.717, 1.165) is 0 Å². The molecular formula is C59H76N5O26-3. The average molecular weight is 1270 g/mol. The van der Waals surface area contributed by atoms with Gasteiger partial charge in [-0.25, -0.2) is 10.9 Å². The van der Waals surface area contributed by atoms with E-state index < -0.39 is 203 Å². The molecule has 0 aromatic heterocycles. The van der Waals surface area contributed by atoms with E-state index in [-0.39, 0.29) is 72.1 Å². The third-order valence-corrected chi connectivity index (χ3v) is 16.9. The van der Waals surface area contributed by atoms with Crippen molar-refractivity contribution in [2.75, 3.05) is 7.11 Å². The number of carboxylic acid groups (broad SMARTS) is 3. The number of ketones is 2. The molecule has 12 N–H and O–H groups in total. The minimum absolute atomic E-state index is 0.00337. The van der Waals surface area contributed by atoms with Crippen LogP contribution in [0.1, 0.15) is 143 Å². The number of aliphatic carboxylic acids is 3. The molecule has 90 heavy (non-hydrogen) atoms. The molecule has 19 atom stereocenters. The molecule has 3 saturated heterocycles. The van der Waals surface area contributed by atoms with Crippen molar-refractivity contribution in [3.8, 4) is 17.2 Å². The fourth-order valence-corrected chi connectivity index (χ4v) is 12.1. The van der Waals surface area contributed by atoms with Crippen LogP contribution in [0.15, 0.2) is 28.4 Å². The van der Waals surface area contributed by atoms with Gasteiger partial charge in [-0.15, -0.1) is 0 Å². The average Bonchev–Trinajstić information content (AvgIpc) is 0.733. The summed E-state index contributed by atoms with van der Waals surface area (Å²) in [5, 5.41) is 137. The van der Waals surface area contributed by atoms with Crippen molar-refractivity contribution < 1.29 is 128 Å². The second-order valence-corrected chi connectivity index (χ2v) is 25.2. The molecule has 0 radical (unpaired) electrons. The van der Waals surface area contributed by atoms with Gasteiger partial charge in [-0.3, -0.25) is 19.2 Å². The lowest BCUT2D eigenvalue weighted by Gasteiger charge is -2.50. The first kappa shape index (κ1) is 70.5. The van der Waals surface area contributed by atoms with Crippen LogP contribution < -0.4 is 36.6 Å². The van der Waals surface area contributed by atoms with Crippen LogP contribution in [0.5, 0.6) is 17.2 Å². The van der Waals surface area contributed by atoms with Crippen molar-refractivity contribution in [1.82, 2.24) is 10.9 Å². The molecule has 11 unspecified atom stereocenters. The molecule has 3 heterocycles. The predicted molar refractivity (Wildman–Crippen MR) is 298 cm³/mol. The lowest BCUT2D eigenvalue weighted by atomic mass is 9.71. The highest BCUT2D eigenvalue weighted by molar-refractivity contribution is 6.31. The van der Waals surface area contributed by atoms with Gasteiger partial charge in [0, 0.05) is 60.8 Å². The van der Waals surface area contributed by atoms with Crippen LogP contribution in [-0.4, -0.2) is 205 Å². The van der Waals surface area contributed by atoms with E-state index in [1.807, 2.05) is 0 Å². The summed E-state index contributed by atoms with van der Waals surface area (Å²) in [6.07, 6.45) is -29.3. The predicted octanol–water partition coefficient (Wildman–Crippen LogP) is -4.56. The van der Waals surface area contributed by atoms with Crippen molar-refractivity contribution in [2.24, 2.45) is 38.6 Å². The van der Waals surface area contributed by atoms with Gasteiger partial charge < -0.3 is 114 Å². The molecule has 0 spiro atoms. The Morgan fingerprint density at radius 3 is 2.01 bits per heavy atom. The van der Waals surface area contributed by atoms with Crippen LogP contribution in [0.2, 0.25) is 0 Å². The Kier molecular flexibility index (Phi) is 21.8. The number of hydrogen-bond donors (Lipinski definition) is 11. The number of benzene rings is 2. The lowest BCUT2D eigenvalue weighted by molar-refractivity contribution is -0.358. The zero-order valence-corrected chi connectivity index (χ0v) is 50.6. The van der Waals surface area contributed by atoms with Crippen LogP contribution in [-0.2, 0) is 63.6 Å². The number of unbranched alkanes of at least 4 members (excludes halogenated alkanes) is 1. The number of hydrogen-bond acceptors (Lipinski definition) is 29. The maximum atomic E-state index is 14.1. The van der Waals surface area contributed by atoms with Gasteiger partial charge in [-0.05, 0) is 43.6 Å². The van der Waals surface area contributed by atoms with Crippen LogP contribution >= 0.6 is 0 Å². The molecule has 2 amide bonds. The lowest BCUT2D eigenvalue weighted by Crippen LogP contribution is -2.66. The molecule has 31 nitrogen and oxygen atoms in total. The van der Waals surface area contributed by atoms with Crippen LogP contribution in [0.4, 0.5) is 0 Å². The Hall–Kier alpha value is -6.98. The molecule has 2 aliphatic carbocycles. The first-order valence-corrected chi connectivity index (χ1v) is 28.9. The number of phenols is 2. The SMILES string of the molecule is COc1cccc2c1C(=O)c1c(O)c3c(c(O)c1C2=O)C[C@@](O)(/C(C)=N\NC(=O)CCCCC(=O)N/N=C/C(OC(C(=O)[O-])C(C=O)O[C@@H]1OC(C(=O)[O-])[C@H](C(C)(C)C)[C@@H](O)C1O)[C@H]1C(C(=O)[O-])O[C@@H](C(C)(C)C)C(O)[C@@H]1O)C[C@@H]3OC1CC(N)C(O)C(C)O1. The van der Waals surface area contributed by atoms with Gasteiger partial charge >= 0.3 is 0 Å². The zero-order chi connectivity index (χ0) is 67.0. The molecule has 0 bridgehead atoms. The van der Waals surface area contributed by atoms with Gasteiger partial charge in [0.25, 0.3) is 0 Å². The number of carboxylic acids is 3. The van der Waals surface area contributed by atoms with Gasteiger partial charge in [0.05, 0.1) is 96.2 Å². The number of nitrogens with zero attached hydrogens (tertiary/aromatic N) is 2. The van der Waals surface area contributed by atoms with Gasteiger partial charge in [0.2, 0.25) is 17.6 Å². The largest absolute Gasteiger partial charge is 0.547 e. The Labute approximate surface area is 515 Å². The summed E-state index contributed by atoms with van der Waals surface area (Å²) in [5.74, 6) is -14.3. The van der Waals surface area contributed by atoms with E-state index >= 15 is 0 Å². The Bertz CT molecular complexity index is 3130. The fraction of sp³-hybridized carbons (Fsp3) is 0.627. The normalized spacial score (nSPS) is 31.5. The number of aliphatic hydroxyl groups is 6. The molecule has 5 aliphatic rings. The molecule has 2 aromatic rings. The first-order chi connectivity index (χ1) is 42.0. The number of amides is 2. The number of aldehydes is 1. The summed E-state index contributed by atoms with van der Waals surface area (Å²) < 4.78 is 39.7. The third kappa shape index (κ3) is 14.5. The van der Waals surface area contributed by atoms with E-state index in [4.69, 9.17) is 38.9 Å². The van der Waals surface area contributed by atoms with E-state index in [1.54, 1.807) is 6.92 Å². The summed E-state index contributed by atoms with van der Waals surface area (Å²) in [7, 11) is 1.28. The molecule has 0 saturated carbocycles. The number of aliphatic hydroxyl groups excluding tert-OH is 5. The number of hydrazone groups is 2. The van der Waals surface area contributed by atoms with Gasteiger partial charge in [-0.2, -0.15) is 10.2 Å². The van der Waals surface area contributed by atoms with E-state index in [0.29, 0.717) is 6.21 Å². The highest BCUT2D eigenvalue weighted by Gasteiger charge is 2.55. The van der Waals surface area contributed by atoms with E-state index in [2.05, 4.69) is 21.1 Å². The van der Waals surface area contributed by atoms with Crippen molar-refractivity contribution in [2.45, 2.75) is 204 Å². The molecule has 2 aromatic carbocycles. The summed E-state index contributed by atoms with van der Waals surface area (Å²) in [4.78, 5) is 105. The van der Waals surface area contributed by atoms with Crippen molar-refractivity contribution in [3.63, 3.8) is 0 Å². The number of nitrogens with two attached hydrogens (primary N) is 1. The summed E-state index contributed by atoms with van der Waals surface area (Å²) in [6.45, 7) is 12.0. The Morgan fingerprint density at radius 2 is 1.44 bits per heavy atom. The number of carbonyl (C=O) groups excluding carboxylic acids is 8. The smallest absolute Gasteiger partial charge is 0.240 e. The Balaban J connectivity index is 1.05. The minimum atomic E-state index is -2.69. The molecule has 31 heteroatoms. The van der Waals surface area contributed by atoms with Crippen molar-refractivity contribution in [3.05, 3.63) is 51.6 Å². The summed E-state index contributed by atoms with van der Waals surface area (Å²) in [6, 6.07) is 3.40. The highest BCUT2D eigenvalue weighted by atomic mass is 16.7. The van der Waals surface area contributed by atoms with Gasteiger partial charge in [0.15, 0.2) is 24.6 Å². The second kappa shape index (κ2) is 27.9. The number of phenolic OH excluding ortho intramolecular Hbond substituents is 2. The van der Waals surface area contributed by atoms with Gasteiger partial charge in [0.1, 0.15) is 65.6 Å². The number of methoxy groups -OCH3 is 1. The quantitative estimate of drug-likeness (QED) is 0.0148. The third-order valence-electron chi connectivity index (χ3n) is 16.9. The molecule has 3 fully saturated rings. The van der Waals surface area contributed by atoms with Crippen LogP contribution in [0, 0.1) is 22.7 Å². The highest BCUT2D eigenvalue weighted by Crippen LogP contribution is 2.53. The number of aromatic hydroxyl groups is 2. The zero-order valence-electron chi connectivity index (χ0n) is 50.6. The molecule has 496 valence electrons. The van der Waals surface area contributed by atoms with E-state index in [1.165, 1.54) is 73.8 Å². The number of carbonyl (C=O) groups is 8. The number of fused-ring (bicyclic) bond motifs is 3. The van der Waals surface area contributed by atoms with Gasteiger partial charge in [-0.1, -0.05) is 53.7 Å². The molecular weight excluding hydrogens is 1190 g/mol.